The van der Waals surface area contributed by atoms with Gasteiger partial charge >= 0.3 is 0 Å². The maximum absolute atomic E-state index is 5.53. The monoisotopic (exact) mass is 352 g/mol. The van der Waals surface area contributed by atoms with Crippen LogP contribution in [-0.2, 0) is 4.74 Å². The fraction of sp³-hybridized carbons (Fsp3) is 0.812. The van der Waals surface area contributed by atoms with E-state index in [-0.39, 0.29) is 4.75 Å². The molecule has 1 aromatic rings. The molecule has 0 saturated carbocycles. The number of H-pyrrole nitrogens is 1. The Labute approximate surface area is 148 Å². The summed E-state index contributed by atoms with van der Waals surface area (Å²) >= 11 is 1.96. The Morgan fingerprint density at radius 2 is 2.21 bits per heavy atom. The van der Waals surface area contributed by atoms with Crippen LogP contribution in [0.2, 0.25) is 0 Å². The molecule has 2 N–H and O–H groups in total. The van der Waals surface area contributed by atoms with Gasteiger partial charge in [0.2, 0.25) is 0 Å². The van der Waals surface area contributed by atoms with Crippen LogP contribution >= 0.6 is 11.8 Å². The van der Waals surface area contributed by atoms with Crippen molar-refractivity contribution in [1.29, 1.82) is 0 Å². The molecule has 1 aromatic heterocycles. The summed E-state index contributed by atoms with van der Waals surface area (Å²) in [5.41, 5.74) is 0. The quantitative estimate of drug-likeness (QED) is 0.631. The van der Waals surface area contributed by atoms with Crippen LogP contribution < -0.4 is 5.32 Å². The number of nitrogens with one attached hydrogen (secondary N) is 2. The van der Waals surface area contributed by atoms with Crippen molar-refractivity contribution in [3.8, 4) is 0 Å². The number of hydrogen-bond donors (Lipinski definition) is 2. The summed E-state index contributed by atoms with van der Waals surface area (Å²) in [6.45, 7) is 4.68. The lowest BCUT2D eigenvalue weighted by atomic mass is 9.96. The first-order valence-corrected chi connectivity index (χ1v) is 9.92. The molecule has 3 heterocycles. The van der Waals surface area contributed by atoms with Crippen LogP contribution in [0.25, 0.3) is 0 Å². The van der Waals surface area contributed by atoms with Gasteiger partial charge in [-0.1, -0.05) is 0 Å². The van der Waals surface area contributed by atoms with E-state index >= 15 is 0 Å². The molecule has 0 bridgehead atoms. The van der Waals surface area contributed by atoms with E-state index in [1.165, 1.54) is 0 Å². The Bertz CT molecular complexity index is 521. The lowest BCUT2D eigenvalue weighted by Crippen LogP contribution is -2.50. The van der Waals surface area contributed by atoms with Crippen molar-refractivity contribution >= 4 is 17.7 Å². The van der Waals surface area contributed by atoms with Crippen molar-refractivity contribution in [1.82, 2.24) is 25.4 Å². The third kappa shape index (κ3) is 4.03. The molecule has 0 spiro atoms. The second-order valence-electron chi connectivity index (χ2n) is 6.53. The number of hydrogen-bond acceptors (Lipinski definition) is 5. The van der Waals surface area contributed by atoms with Gasteiger partial charge in [-0.2, -0.15) is 16.9 Å². The molecule has 0 unspecified atom stereocenters. The van der Waals surface area contributed by atoms with Crippen LogP contribution in [0.5, 0.6) is 0 Å². The summed E-state index contributed by atoms with van der Waals surface area (Å²) in [4.78, 5) is 11.2. The zero-order chi connectivity index (χ0) is 16.8. The van der Waals surface area contributed by atoms with Crippen LogP contribution in [0.3, 0.4) is 0 Å². The van der Waals surface area contributed by atoms with Crippen molar-refractivity contribution < 1.29 is 4.74 Å². The molecule has 2 aliphatic rings. The van der Waals surface area contributed by atoms with Gasteiger partial charge in [-0.15, -0.1) is 0 Å². The molecule has 2 fully saturated rings. The number of rotatable bonds is 4. The number of nitrogens with zero attached hydrogens (tertiary/aromatic N) is 4. The van der Waals surface area contributed by atoms with Crippen LogP contribution in [0.15, 0.2) is 11.3 Å². The molecular formula is C16H28N6OS. The fourth-order valence-corrected chi connectivity index (χ4v) is 4.34. The van der Waals surface area contributed by atoms with Crippen molar-refractivity contribution in [2.75, 3.05) is 46.2 Å². The second kappa shape index (κ2) is 8.20. The molecule has 0 radical (unpaired) electrons. The summed E-state index contributed by atoms with van der Waals surface area (Å²) in [5, 5.41) is 10.6. The number of likely N-dealkylation sites (tertiary alicyclic amines) is 1. The summed E-state index contributed by atoms with van der Waals surface area (Å²) in [5.74, 6) is 2.52. The van der Waals surface area contributed by atoms with E-state index in [1.54, 1.807) is 6.33 Å². The molecule has 7 nitrogen and oxygen atoms in total. The first-order valence-electron chi connectivity index (χ1n) is 8.70. The molecule has 2 saturated heterocycles. The van der Waals surface area contributed by atoms with Gasteiger partial charge in [0.05, 0.1) is 0 Å². The summed E-state index contributed by atoms with van der Waals surface area (Å²) in [6, 6.07) is 0. The standard InChI is InChI=1S/C16H28N6OS/c1-17-15(18-11-16(24-2)5-9-23-10-6-16)22-7-3-13(4-8-22)14-19-12-20-21-14/h12-13H,3-11H2,1-2H3,(H,17,18)(H,19,20,21). The smallest absolute Gasteiger partial charge is 0.193 e. The fourth-order valence-electron chi connectivity index (χ4n) is 3.55. The average Bonchev–Trinajstić information content (AvgIpc) is 3.18. The zero-order valence-electron chi connectivity index (χ0n) is 14.6. The first-order chi connectivity index (χ1) is 11.8. The molecule has 0 atom stereocenters. The van der Waals surface area contributed by atoms with Crippen molar-refractivity contribution in [2.24, 2.45) is 4.99 Å². The SMILES string of the molecule is CN=C(NCC1(SC)CCOCC1)N1CCC(c2ncn[nH]2)CC1. The first kappa shape index (κ1) is 17.5. The minimum Gasteiger partial charge on any atom is -0.381 e. The Morgan fingerprint density at radius 1 is 1.46 bits per heavy atom. The predicted octanol–water partition coefficient (Wildman–Crippen LogP) is 1.47. The van der Waals surface area contributed by atoms with Crippen molar-refractivity contribution in [2.45, 2.75) is 36.3 Å². The molecular weight excluding hydrogens is 324 g/mol. The second-order valence-corrected chi connectivity index (χ2v) is 7.81. The Hall–Kier alpha value is -1.28. The zero-order valence-corrected chi connectivity index (χ0v) is 15.4. The number of ether oxygens (including phenoxy) is 1. The maximum Gasteiger partial charge on any atom is 0.193 e. The molecule has 2 aliphatic heterocycles. The van der Waals surface area contributed by atoms with Gasteiger partial charge in [0.15, 0.2) is 5.96 Å². The van der Waals surface area contributed by atoms with Gasteiger partial charge in [0.25, 0.3) is 0 Å². The third-order valence-corrected chi connectivity index (χ3v) is 6.65. The number of piperidine rings is 1. The number of aromatic amines is 1. The highest BCUT2D eigenvalue weighted by Crippen LogP contribution is 2.33. The van der Waals surface area contributed by atoms with Crippen molar-refractivity contribution in [3.05, 3.63) is 12.2 Å². The van der Waals surface area contributed by atoms with Gasteiger partial charge in [-0.25, -0.2) is 4.98 Å². The molecule has 0 amide bonds. The lowest BCUT2D eigenvalue weighted by molar-refractivity contribution is 0.0781. The molecule has 134 valence electrons. The van der Waals surface area contributed by atoms with Crippen LogP contribution in [0.4, 0.5) is 0 Å². The van der Waals surface area contributed by atoms with Gasteiger partial charge in [0, 0.05) is 50.6 Å². The molecule has 0 aliphatic carbocycles. The summed E-state index contributed by atoms with van der Waals surface area (Å²) < 4.78 is 5.80. The van der Waals surface area contributed by atoms with E-state index in [2.05, 4.69) is 36.6 Å². The number of thioether (sulfide) groups is 1. The lowest BCUT2D eigenvalue weighted by Gasteiger charge is -2.38. The third-order valence-electron chi connectivity index (χ3n) is 5.23. The van der Waals surface area contributed by atoms with Crippen LogP contribution in [0, 0.1) is 0 Å². The molecule has 8 heteroatoms. The highest BCUT2D eigenvalue weighted by Gasteiger charge is 2.32. The Balaban J connectivity index is 1.52. The van der Waals surface area contributed by atoms with E-state index in [9.17, 15) is 0 Å². The normalized spacial score (nSPS) is 22.6. The van der Waals surface area contributed by atoms with Gasteiger partial charge in [0.1, 0.15) is 12.2 Å². The van der Waals surface area contributed by atoms with E-state index in [4.69, 9.17) is 4.74 Å². The van der Waals surface area contributed by atoms with Gasteiger partial charge in [-0.05, 0) is 31.9 Å². The van der Waals surface area contributed by atoms with E-state index in [0.29, 0.717) is 5.92 Å². The van der Waals surface area contributed by atoms with Gasteiger partial charge < -0.3 is 15.0 Å². The predicted molar refractivity (Wildman–Crippen MR) is 97.6 cm³/mol. The topological polar surface area (TPSA) is 78.4 Å². The average molecular weight is 353 g/mol. The summed E-state index contributed by atoms with van der Waals surface area (Å²) in [7, 11) is 1.88. The largest absolute Gasteiger partial charge is 0.381 e. The number of aromatic nitrogens is 3. The minimum absolute atomic E-state index is 0.270. The Kier molecular flexibility index (Phi) is 5.99. The van der Waals surface area contributed by atoms with E-state index in [1.807, 2.05) is 18.8 Å². The van der Waals surface area contributed by atoms with Crippen molar-refractivity contribution in [3.63, 3.8) is 0 Å². The number of guanidine groups is 1. The molecule has 0 aromatic carbocycles. The number of aliphatic imine (C=N–C) groups is 1. The highest BCUT2D eigenvalue weighted by molar-refractivity contribution is 8.00. The molecule has 24 heavy (non-hydrogen) atoms. The maximum atomic E-state index is 5.53. The highest BCUT2D eigenvalue weighted by atomic mass is 32.2. The summed E-state index contributed by atoms with van der Waals surface area (Å²) in [6.07, 6.45) is 8.17. The van der Waals surface area contributed by atoms with Crippen LogP contribution in [-0.4, -0.2) is 76.9 Å². The van der Waals surface area contributed by atoms with Gasteiger partial charge in [-0.3, -0.25) is 10.1 Å². The Morgan fingerprint density at radius 3 is 2.79 bits per heavy atom. The van der Waals surface area contributed by atoms with E-state index < -0.39 is 0 Å². The van der Waals surface area contributed by atoms with E-state index in [0.717, 1.165) is 70.3 Å². The van der Waals surface area contributed by atoms with Crippen LogP contribution in [0.1, 0.15) is 37.4 Å². The minimum atomic E-state index is 0.270. The molecule has 3 rings (SSSR count).